The first kappa shape index (κ1) is 28.7. The normalized spacial score (nSPS) is 12.6. The summed E-state index contributed by atoms with van der Waals surface area (Å²) in [6.45, 7) is 2.09. The number of aromatic nitrogens is 1. The zero-order valence-electron chi connectivity index (χ0n) is 26.8. The van der Waals surface area contributed by atoms with Gasteiger partial charge >= 0.3 is 0 Å². The minimum atomic E-state index is -0.333. The van der Waals surface area contributed by atoms with E-state index in [1.165, 1.54) is 10.5 Å². The molecular weight excluding hydrogens is 601 g/mol. The van der Waals surface area contributed by atoms with E-state index in [9.17, 15) is 9.59 Å². The van der Waals surface area contributed by atoms with Crippen molar-refractivity contribution in [2.45, 2.75) is 6.92 Å². The third kappa shape index (κ3) is 4.53. The maximum atomic E-state index is 14.8. The SMILES string of the molecule is Cc1ccc(-c2ccc3c(c2)c2ccccc2n3-c2cccc3c2C(=O)N(c2cccc(-c4ccccc4)c2-c2ccccc2)C3=O)cc1. The van der Waals surface area contributed by atoms with Gasteiger partial charge in [0.2, 0.25) is 0 Å². The van der Waals surface area contributed by atoms with Crippen LogP contribution in [0.1, 0.15) is 26.3 Å². The summed E-state index contributed by atoms with van der Waals surface area (Å²) in [5.41, 5.74) is 11.2. The molecule has 1 aromatic heterocycles. The standard InChI is InChI=1S/C45H30N2O2/c1-29-22-24-30(25-23-29)33-26-27-39-37(28-33)35-16-8-9-19-38(35)46(39)41-21-11-18-36-43(41)45(49)47(44(36)48)40-20-10-17-34(31-12-4-2-5-13-31)42(40)32-14-6-3-7-15-32/h2-28H,1H3. The molecule has 9 rings (SSSR count). The molecule has 49 heavy (non-hydrogen) atoms. The predicted octanol–water partition coefficient (Wildman–Crippen LogP) is 10.9. The van der Waals surface area contributed by atoms with Gasteiger partial charge < -0.3 is 4.57 Å². The largest absolute Gasteiger partial charge is 0.308 e. The van der Waals surface area contributed by atoms with Gasteiger partial charge in [-0.3, -0.25) is 9.59 Å². The number of rotatable bonds is 5. The van der Waals surface area contributed by atoms with Gasteiger partial charge in [0.25, 0.3) is 11.8 Å². The Bertz CT molecular complexity index is 2580. The summed E-state index contributed by atoms with van der Waals surface area (Å²) < 4.78 is 2.13. The third-order valence-corrected chi connectivity index (χ3v) is 9.62. The third-order valence-electron chi connectivity index (χ3n) is 9.62. The maximum absolute atomic E-state index is 14.8. The van der Waals surface area contributed by atoms with E-state index in [1.54, 1.807) is 6.07 Å². The number of benzene rings is 7. The van der Waals surface area contributed by atoms with Gasteiger partial charge in [-0.15, -0.1) is 0 Å². The molecule has 7 aromatic carbocycles. The van der Waals surface area contributed by atoms with Crippen LogP contribution < -0.4 is 4.90 Å². The number of nitrogens with zero attached hydrogens (tertiary/aromatic N) is 2. The van der Waals surface area contributed by atoms with Crippen molar-refractivity contribution in [2.24, 2.45) is 0 Å². The number of carbonyl (C=O) groups is 2. The van der Waals surface area contributed by atoms with Gasteiger partial charge in [-0.2, -0.15) is 0 Å². The van der Waals surface area contributed by atoms with Crippen LogP contribution in [0.15, 0.2) is 164 Å². The quantitative estimate of drug-likeness (QED) is 0.178. The van der Waals surface area contributed by atoms with E-state index in [1.807, 2.05) is 91.0 Å². The Balaban J connectivity index is 1.24. The summed E-state index contributed by atoms with van der Waals surface area (Å²) in [6, 6.07) is 54.8. The molecule has 8 aromatic rings. The van der Waals surface area contributed by atoms with E-state index >= 15 is 0 Å². The molecule has 4 nitrogen and oxygen atoms in total. The number of fused-ring (bicyclic) bond motifs is 4. The fraction of sp³-hybridized carbons (Fsp3) is 0.0222. The lowest BCUT2D eigenvalue weighted by Crippen LogP contribution is -2.30. The fourth-order valence-electron chi connectivity index (χ4n) is 7.32. The van der Waals surface area contributed by atoms with E-state index in [2.05, 4.69) is 78.2 Å². The molecule has 0 spiro atoms. The van der Waals surface area contributed by atoms with Gasteiger partial charge in [-0.1, -0.05) is 133 Å². The molecule has 0 fully saturated rings. The van der Waals surface area contributed by atoms with E-state index in [-0.39, 0.29) is 11.8 Å². The van der Waals surface area contributed by atoms with E-state index in [4.69, 9.17) is 0 Å². The Hall–Kier alpha value is -6.52. The Labute approximate surface area is 284 Å². The molecule has 0 saturated heterocycles. The molecule has 232 valence electrons. The summed E-state index contributed by atoms with van der Waals surface area (Å²) in [4.78, 5) is 30.6. The molecule has 2 heterocycles. The van der Waals surface area contributed by atoms with Crippen LogP contribution in [-0.4, -0.2) is 16.4 Å². The van der Waals surface area contributed by atoms with Gasteiger partial charge in [-0.25, -0.2) is 4.90 Å². The predicted molar refractivity (Wildman–Crippen MR) is 199 cm³/mol. The smallest absolute Gasteiger partial charge is 0.268 e. The Kier molecular flexibility index (Phi) is 6.63. The van der Waals surface area contributed by atoms with E-state index in [0.717, 1.165) is 55.2 Å². The summed E-state index contributed by atoms with van der Waals surface area (Å²) in [5.74, 6) is -0.660. The van der Waals surface area contributed by atoms with Crippen LogP contribution in [0.4, 0.5) is 5.69 Å². The summed E-state index contributed by atoms with van der Waals surface area (Å²) in [5, 5.41) is 2.17. The van der Waals surface area contributed by atoms with Crippen LogP contribution in [0.2, 0.25) is 0 Å². The Morgan fingerprint density at radius 3 is 1.78 bits per heavy atom. The second kappa shape index (κ2) is 11.3. The molecule has 0 aliphatic carbocycles. The van der Waals surface area contributed by atoms with Crippen LogP contribution in [-0.2, 0) is 0 Å². The average Bonchev–Trinajstić information content (AvgIpc) is 3.62. The second-order valence-corrected chi connectivity index (χ2v) is 12.5. The number of anilines is 1. The van der Waals surface area contributed by atoms with Crippen molar-refractivity contribution in [3.05, 3.63) is 180 Å². The average molecular weight is 631 g/mol. The lowest BCUT2D eigenvalue weighted by molar-refractivity contribution is 0.0926. The molecule has 0 bridgehead atoms. The Morgan fingerprint density at radius 2 is 1.02 bits per heavy atom. The van der Waals surface area contributed by atoms with Crippen LogP contribution >= 0.6 is 0 Å². The maximum Gasteiger partial charge on any atom is 0.268 e. The number of aryl methyl sites for hydroxylation is 1. The van der Waals surface area contributed by atoms with Crippen molar-refractivity contribution in [3.8, 4) is 39.1 Å². The summed E-state index contributed by atoms with van der Waals surface area (Å²) in [6.07, 6.45) is 0. The molecule has 4 heteroatoms. The van der Waals surface area contributed by atoms with Crippen LogP contribution in [0.5, 0.6) is 0 Å². The van der Waals surface area contributed by atoms with Crippen molar-refractivity contribution in [1.29, 1.82) is 0 Å². The van der Waals surface area contributed by atoms with E-state index < -0.39 is 0 Å². The van der Waals surface area contributed by atoms with Crippen molar-refractivity contribution >= 4 is 39.3 Å². The minimum Gasteiger partial charge on any atom is -0.308 e. The number of amides is 2. The highest BCUT2D eigenvalue weighted by Crippen LogP contribution is 2.44. The number of imide groups is 1. The number of hydrogen-bond acceptors (Lipinski definition) is 2. The van der Waals surface area contributed by atoms with Crippen molar-refractivity contribution < 1.29 is 9.59 Å². The zero-order valence-corrected chi connectivity index (χ0v) is 26.8. The first-order valence-electron chi connectivity index (χ1n) is 16.4. The lowest BCUT2D eigenvalue weighted by Gasteiger charge is -2.22. The molecule has 0 unspecified atom stereocenters. The first-order chi connectivity index (χ1) is 24.1. The molecule has 1 aliphatic rings. The fourth-order valence-corrected chi connectivity index (χ4v) is 7.32. The zero-order chi connectivity index (χ0) is 33.1. The number of para-hydroxylation sites is 1. The minimum absolute atomic E-state index is 0.327. The topological polar surface area (TPSA) is 42.3 Å². The molecule has 0 radical (unpaired) electrons. The van der Waals surface area contributed by atoms with Gasteiger partial charge in [0, 0.05) is 16.3 Å². The molecule has 0 saturated carbocycles. The Morgan fingerprint density at radius 1 is 0.408 bits per heavy atom. The number of hydrogen-bond donors (Lipinski definition) is 0. The highest BCUT2D eigenvalue weighted by molar-refractivity contribution is 6.36. The first-order valence-corrected chi connectivity index (χ1v) is 16.4. The van der Waals surface area contributed by atoms with Crippen LogP contribution in [0.3, 0.4) is 0 Å². The lowest BCUT2D eigenvalue weighted by atomic mass is 9.92. The molecule has 0 atom stereocenters. The van der Waals surface area contributed by atoms with Crippen LogP contribution in [0.25, 0.3) is 60.9 Å². The van der Waals surface area contributed by atoms with Crippen molar-refractivity contribution in [2.75, 3.05) is 4.90 Å². The van der Waals surface area contributed by atoms with Crippen LogP contribution in [0, 0.1) is 6.92 Å². The molecule has 2 amide bonds. The molecule has 0 N–H and O–H groups in total. The van der Waals surface area contributed by atoms with E-state index in [0.29, 0.717) is 22.5 Å². The van der Waals surface area contributed by atoms with Gasteiger partial charge in [0.1, 0.15) is 0 Å². The summed E-state index contributed by atoms with van der Waals surface area (Å²) >= 11 is 0. The van der Waals surface area contributed by atoms with Gasteiger partial charge in [0.15, 0.2) is 0 Å². The molecule has 1 aliphatic heterocycles. The summed E-state index contributed by atoms with van der Waals surface area (Å²) in [7, 11) is 0. The highest BCUT2D eigenvalue weighted by atomic mass is 16.2. The van der Waals surface area contributed by atoms with Gasteiger partial charge in [0.05, 0.1) is 33.5 Å². The second-order valence-electron chi connectivity index (χ2n) is 12.5. The monoisotopic (exact) mass is 630 g/mol. The number of carbonyl (C=O) groups excluding carboxylic acids is 2. The van der Waals surface area contributed by atoms with Crippen molar-refractivity contribution in [1.82, 2.24) is 4.57 Å². The molecular formula is C45H30N2O2. The van der Waals surface area contributed by atoms with Crippen molar-refractivity contribution in [3.63, 3.8) is 0 Å². The highest BCUT2D eigenvalue weighted by Gasteiger charge is 2.40. The van der Waals surface area contributed by atoms with Gasteiger partial charge in [-0.05, 0) is 71.1 Å².